The van der Waals surface area contributed by atoms with Gasteiger partial charge in [-0.2, -0.15) is 5.10 Å². The number of nitrogens with zero attached hydrogens (tertiary/aromatic N) is 3. The van der Waals surface area contributed by atoms with E-state index in [9.17, 15) is 4.79 Å². The number of fused-ring (bicyclic) bond motifs is 1. The van der Waals surface area contributed by atoms with Crippen LogP contribution >= 0.6 is 0 Å². The van der Waals surface area contributed by atoms with Gasteiger partial charge in [0.1, 0.15) is 5.75 Å². The van der Waals surface area contributed by atoms with Crippen molar-refractivity contribution in [2.75, 3.05) is 19.0 Å². The topological polar surface area (TPSA) is 81.1 Å². The first-order chi connectivity index (χ1) is 14.2. The Morgan fingerprint density at radius 2 is 1.86 bits per heavy atom. The average Bonchev–Trinajstić information content (AvgIpc) is 3.14. The normalized spacial score (nSPS) is 12.9. The van der Waals surface area contributed by atoms with Crippen LogP contribution in [0.3, 0.4) is 0 Å². The van der Waals surface area contributed by atoms with Gasteiger partial charge in [-0.15, -0.1) is 0 Å². The predicted molar refractivity (Wildman–Crippen MR) is 112 cm³/mol. The number of anilines is 1. The molecule has 3 aromatic rings. The maximum absolute atomic E-state index is 12.2. The molecule has 0 bridgehead atoms. The number of rotatable bonds is 6. The molecule has 1 aromatic carbocycles. The summed E-state index contributed by atoms with van der Waals surface area (Å²) in [6.45, 7) is 1.15. The number of carbonyl (C=O) groups excluding carboxylic acids is 1. The van der Waals surface area contributed by atoms with Gasteiger partial charge in [0.15, 0.2) is 0 Å². The summed E-state index contributed by atoms with van der Waals surface area (Å²) in [6, 6.07) is 11.0. The third-order valence-corrected chi connectivity index (χ3v) is 5.17. The monoisotopic (exact) mass is 391 g/mol. The maximum Gasteiger partial charge on any atom is 0.319 e. The molecular weight excluding hydrogens is 366 g/mol. The van der Waals surface area contributed by atoms with E-state index in [0.29, 0.717) is 13.1 Å². The SMILES string of the molecule is COc1ccc(NC(=O)NCCn2nc(-c3ccncc3)c3c2CCCC3)cc1. The lowest BCUT2D eigenvalue weighted by Crippen LogP contribution is -2.32. The van der Waals surface area contributed by atoms with Crippen molar-refractivity contribution in [2.24, 2.45) is 0 Å². The fourth-order valence-electron chi connectivity index (χ4n) is 3.72. The van der Waals surface area contributed by atoms with Crippen LogP contribution in [0.25, 0.3) is 11.3 Å². The van der Waals surface area contributed by atoms with Crippen LogP contribution in [0.5, 0.6) is 5.75 Å². The van der Waals surface area contributed by atoms with Gasteiger partial charge in [0, 0.05) is 41.4 Å². The van der Waals surface area contributed by atoms with Crippen molar-refractivity contribution in [3.05, 3.63) is 60.0 Å². The lowest BCUT2D eigenvalue weighted by atomic mass is 9.94. The minimum atomic E-state index is -0.231. The van der Waals surface area contributed by atoms with Crippen LogP contribution in [0.1, 0.15) is 24.1 Å². The summed E-state index contributed by atoms with van der Waals surface area (Å²) in [5, 5.41) is 10.6. The van der Waals surface area contributed by atoms with Gasteiger partial charge in [0.25, 0.3) is 0 Å². The van der Waals surface area contributed by atoms with Gasteiger partial charge in [-0.1, -0.05) is 0 Å². The largest absolute Gasteiger partial charge is 0.497 e. The van der Waals surface area contributed by atoms with E-state index in [-0.39, 0.29) is 6.03 Å². The number of carbonyl (C=O) groups is 1. The smallest absolute Gasteiger partial charge is 0.319 e. The van der Waals surface area contributed by atoms with E-state index in [1.807, 2.05) is 36.4 Å². The van der Waals surface area contributed by atoms with E-state index < -0.39 is 0 Å². The number of ether oxygens (including phenoxy) is 1. The minimum Gasteiger partial charge on any atom is -0.497 e. The number of hydrogen-bond acceptors (Lipinski definition) is 4. The first-order valence-corrected chi connectivity index (χ1v) is 9.92. The fourth-order valence-corrected chi connectivity index (χ4v) is 3.72. The van der Waals surface area contributed by atoms with Crippen molar-refractivity contribution in [1.29, 1.82) is 0 Å². The van der Waals surface area contributed by atoms with Crippen molar-refractivity contribution in [1.82, 2.24) is 20.1 Å². The molecule has 0 aliphatic heterocycles. The van der Waals surface area contributed by atoms with E-state index in [0.717, 1.165) is 35.5 Å². The van der Waals surface area contributed by atoms with Gasteiger partial charge in [-0.3, -0.25) is 9.67 Å². The summed E-state index contributed by atoms with van der Waals surface area (Å²) < 4.78 is 7.18. The Kier molecular flexibility index (Phi) is 5.74. The van der Waals surface area contributed by atoms with E-state index in [4.69, 9.17) is 9.84 Å². The zero-order chi connectivity index (χ0) is 20.1. The molecule has 0 fully saturated rings. The number of methoxy groups -OCH3 is 1. The van der Waals surface area contributed by atoms with Crippen LogP contribution < -0.4 is 15.4 Å². The van der Waals surface area contributed by atoms with E-state index in [1.54, 1.807) is 19.5 Å². The van der Waals surface area contributed by atoms with Crippen molar-refractivity contribution < 1.29 is 9.53 Å². The molecule has 150 valence electrons. The Morgan fingerprint density at radius 1 is 1.10 bits per heavy atom. The van der Waals surface area contributed by atoms with Crippen LogP contribution in [0, 0.1) is 0 Å². The van der Waals surface area contributed by atoms with Crippen LogP contribution in [0.15, 0.2) is 48.8 Å². The zero-order valence-corrected chi connectivity index (χ0v) is 16.5. The maximum atomic E-state index is 12.2. The molecule has 2 aromatic heterocycles. The van der Waals surface area contributed by atoms with E-state index in [1.165, 1.54) is 24.1 Å². The highest BCUT2D eigenvalue weighted by atomic mass is 16.5. The number of pyridine rings is 1. The molecular formula is C22H25N5O2. The van der Waals surface area contributed by atoms with Crippen LogP contribution in [-0.4, -0.2) is 34.5 Å². The molecule has 0 unspecified atom stereocenters. The van der Waals surface area contributed by atoms with Crippen LogP contribution in [-0.2, 0) is 19.4 Å². The number of benzene rings is 1. The molecule has 7 heteroatoms. The predicted octanol–water partition coefficient (Wildman–Crippen LogP) is 3.65. The molecule has 4 rings (SSSR count). The molecule has 0 atom stereocenters. The van der Waals surface area contributed by atoms with Crippen LogP contribution in [0.4, 0.5) is 10.5 Å². The molecule has 2 N–H and O–H groups in total. The quantitative estimate of drug-likeness (QED) is 0.672. The zero-order valence-electron chi connectivity index (χ0n) is 16.5. The standard InChI is InChI=1S/C22H25N5O2/c1-29-18-8-6-17(7-9-18)25-22(28)24-14-15-27-20-5-3-2-4-19(20)21(26-27)16-10-12-23-13-11-16/h6-13H,2-5,14-15H2,1H3,(H2,24,25,28). The Morgan fingerprint density at radius 3 is 2.62 bits per heavy atom. The summed E-state index contributed by atoms with van der Waals surface area (Å²) in [6.07, 6.45) is 8.06. The number of hydrogen-bond donors (Lipinski definition) is 2. The molecule has 2 amide bonds. The summed E-state index contributed by atoms with van der Waals surface area (Å²) in [7, 11) is 1.61. The first-order valence-electron chi connectivity index (χ1n) is 9.92. The van der Waals surface area contributed by atoms with Crippen molar-refractivity contribution in [2.45, 2.75) is 32.2 Å². The average molecular weight is 391 g/mol. The van der Waals surface area contributed by atoms with Gasteiger partial charge in [-0.25, -0.2) is 4.79 Å². The Labute approximate surface area is 170 Å². The van der Waals surface area contributed by atoms with E-state index in [2.05, 4.69) is 20.3 Å². The number of aromatic nitrogens is 3. The molecule has 1 aliphatic rings. The third-order valence-electron chi connectivity index (χ3n) is 5.17. The van der Waals surface area contributed by atoms with Gasteiger partial charge in [0.05, 0.1) is 19.3 Å². The van der Waals surface area contributed by atoms with Gasteiger partial charge >= 0.3 is 6.03 Å². The third kappa shape index (κ3) is 4.39. The minimum absolute atomic E-state index is 0.231. The van der Waals surface area contributed by atoms with Crippen LogP contribution in [0.2, 0.25) is 0 Å². The number of nitrogens with one attached hydrogen (secondary N) is 2. The van der Waals surface area contributed by atoms with Crippen molar-refractivity contribution in [3.8, 4) is 17.0 Å². The summed E-state index contributed by atoms with van der Waals surface area (Å²) in [4.78, 5) is 16.3. The Balaban J connectivity index is 1.39. The van der Waals surface area contributed by atoms with Gasteiger partial charge < -0.3 is 15.4 Å². The molecule has 29 heavy (non-hydrogen) atoms. The molecule has 0 radical (unpaired) electrons. The van der Waals surface area contributed by atoms with Gasteiger partial charge in [-0.05, 0) is 62.1 Å². The summed E-state index contributed by atoms with van der Waals surface area (Å²) >= 11 is 0. The lowest BCUT2D eigenvalue weighted by Gasteiger charge is -2.14. The highest BCUT2D eigenvalue weighted by Gasteiger charge is 2.21. The highest BCUT2D eigenvalue weighted by molar-refractivity contribution is 5.89. The molecule has 2 heterocycles. The summed E-state index contributed by atoms with van der Waals surface area (Å²) in [5.74, 6) is 0.754. The lowest BCUT2D eigenvalue weighted by molar-refractivity contribution is 0.251. The van der Waals surface area contributed by atoms with Gasteiger partial charge in [0.2, 0.25) is 0 Å². The second-order valence-electron chi connectivity index (χ2n) is 7.05. The second kappa shape index (κ2) is 8.77. The highest BCUT2D eigenvalue weighted by Crippen LogP contribution is 2.30. The number of amides is 2. The molecule has 0 saturated carbocycles. The fraction of sp³-hybridized carbons (Fsp3) is 0.318. The Hall–Kier alpha value is -3.35. The second-order valence-corrected chi connectivity index (χ2v) is 7.05. The first kappa shape index (κ1) is 19.0. The van der Waals surface area contributed by atoms with Crippen molar-refractivity contribution >= 4 is 11.7 Å². The summed E-state index contributed by atoms with van der Waals surface area (Å²) in [5.41, 5.74) is 5.50. The molecule has 7 nitrogen and oxygen atoms in total. The van der Waals surface area contributed by atoms with Crippen molar-refractivity contribution in [3.63, 3.8) is 0 Å². The molecule has 0 spiro atoms. The van der Waals surface area contributed by atoms with E-state index >= 15 is 0 Å². The molecule has 1 aliphatic carbocycles. The number of urea groups is 1. The molecule has 0 saturated heterocycles. The Bertz CT molecular complexity index is 967.